The largest absolute Gasteiger partial charge is 0.235 e. The van der Waals surface area contributed by atoms with E-state index in [1.54, 1.807) is 12.2 Å². The third-order valence-corrected chi connectivity index (χ3v) is 9.59. The van der Waals surface area contributed by atoms with Gasteiger partial charge in [-0.2, -0.15) is 0 Å². The highest BCUT2D eigenvalue weighted by atomic mass is 16.1. The molecule has 2 saturated carbocycles. The minimum absolute atomic E-state index is 0.00389. The SMILES string of the molecule is CC1CCC(N=C=O)CC1N=C=O.CCCCCCCCCCCCCCCCCCCCC1CCCC(C)C1. The van der Waals surface area contributed by atoms with Gasteiger partial charge >= 0.3 is 0 Å². The lowest BCUT2D eigenvalue weighted by atomic mass is 9.80. The van der Waals surface area contributed by atoms with Gasteiger partial charge in [0, 0.05) is 0 Å². The van der Waals surface area contributed by atoms with Crippen LogP contribution >= 0.6 is 0 Å². The molecule has 2 aliphatic rings. The van der Waals surface area contributed by atoms with Crippen LogP contribution in [0.4, 0.5) is 0 Å². The maximum atomic E-state index is 10.1. The van der Waals surface area contributed by atoms with Crippen molar-refractivity contribution in [2.75, 3.05) is 0 Å². The lowest BCUT2D eigenvalue weighted by Crippen LogP contribution is -2.28. The molecule has 4 nitrogen and oxygen atoms in total. The van der Waals surface area contributed by atoms with Crippen molar-refractivity contribution in [3.8, 4) is 0 Å². The number of rotatable bonds is 21. The van der Waals surface area contributed by atoms with Gasteiger partial charge in [-0.15, -0.1) is 0 Å². The Morgan fingerprint density at radius 1 is 0.575 bits per heavy atom. The molecule has 2 rings (SSSR count). The Kier molecular flexibility index (Phi) is 24.5. The van der Waals surface area contributed by atoms with Crippen LogP contribution < -0.4 is 0 Å². The molecule has 232 valence electrons. The fourth-order valence-corrected chi connectivity index (χ4v) is 6.87. The van der Waals surface area contributed by atoms with Gasteiger partial charge in [0.2, 0.25) is 12.2 Å². The zero-order chi connectivity index (χ0) is 29.1. The number of hydrogen-bond donors (Lipinski definition) is 0. The minimum Gasteiger partial charge on any atom is -0.211 e. The first-order valence-corrected chi connectivity index (χ1v) is 17.7. The first-order valence-electron chi connectivity index (χ1n) is 17.7. The molecule has 2 aliphatic carbocycles. The molecule has 0 heterocycles. The lowest BCUT2D eigenvalue weighted by molar-refractivity contribution is 0.263. The second-order valence-electron chi connectivity index (χ2n) is 13.4. The number of hydrogen-bond acceptors (Lipinski definition) is 4. The Hall–Kier alpha value is -1.24. The standard InChI is InChI=1S/C27H54.C9H12N2O2/c1-3-4-5-6-7-8-9-10-11-12-13-14-15-16-17-18-19-20-23-27-24-21-22-26(2)25-27;1-7-2-3-8(10-5-12)4-9(7)11-6-13/h26-27H,3-25H2,1-2H3;7-9H,2-4H2,1H3. The van der Waals surface area contributed by atoms with E-state index in [1.807, 2.05) is 6.92 Å². The van der Waals surface area contributed by atoms with Gasteiger partial charge in [-0.05, 0) is 43.4 Å². The summed E-state index contributed by atoms with van der Waals surface area (Å²) < 4.78 is 0. The molecule has 0 amide bonds. The summed E-state index contributed by atoms with van der Waals surface area (Å²) >= 11 is 0. The fourth-order valence-electron chi connectivity index (χ4n) is 6.87. The van der Waals surface area contributed by atoms with Crippen molar-refractivity contribution in [2.45, 2.75) is 200 Å². The molecule has 0 bridgehead atoms. The first kappa shape index (κ1) is 36.8. The van der Waals surface area contributed by atoms with Gasteiger partial charge in [0.25, 0.3) is 0 Å². The fraction of sp³-hybridized carbons (Fsp3) is 0.944. The maximum absolute atomic E-state index is 10.1. The van der Waals surface area contributed by atoms with Crippen LogP contribution in [0.5, 0.6) is 0 Å². The summed E-state index contributed by atoms with van der Waals surface area (Å²) in [5.74, 6) is 2.48. The molecule has 0 saturated heterocycles. The topological polar surface area (TPSA) is 58.9 Å². The second-order valence-corrected chi connectivity index (χ2v) is 13.4. The molecule has 40 heavy (non-hydrogen) atoms. The number of nitrogens with zero attached hydrogens (tertiary/aromatic N) is 2. The Bertz CT molecular complexity index is 668. The highest BCUT2D eigenvalue weighted by Crippen LogP contribution is 2.32. The average Bonchev–Trinajstić information content (AvgIpc) is 2.95. The zero-order valence-electron chi connectivity index (χ0n) is 27.0. The van der Waals surface area contributed by atoms with E-state index >= 15 is 0 Å². The van der Waals surface area contributed by atoms with Crippen LogP contribution in [-0.2, 0) is 9.59 Å². The Balaban J connectivity index is 0.000000512. The number of unbranched alkanes of at least 4 members (excludes halogenated alkanes) is 17. The van der Waals surface area contributed by atoms with Crippen LogP contribution in [0, 0.1) is 17.8 Å². The van der Waals surface area contributed by atoms with Gasteiger partial charge in [0.1, 0.15) is 0 Å². The molecular formula is C36H66N2O2. The monoisotopic (exact) mass is 559 g/mol. The Morgan fingerprint density at radius 3 is 1.55 bits per heavy atom. The van der Waals surface area contributed by atoms with E-state index in [9.17, 15) is 9.59 Å². The van der Waals surface area contributed by atoms with Crippen molar-refractivity contribution in [2.24, 2.45) is 27.7 Å². The van der Waals surface area contributed by atoms with Gasteiger partial charge in [0.15, 0.2) is 0 Å². The number of aliphatic imine (C=N–C) groups is 2. The van der Waals surface area contributed by atoms with Crippen molar-refractivity contribution in [1.82, 2.24) is 0 Å². The normalized spacial score (nSPS) is 24.3. The molecule has 0 aromatic rings. The van der Waals surface area contributed by atoms with Gasteiger partial charge in [-0.3, -0.25) is 0 Å². The van der Waals surface area contributed by atoms with E-state index < -0.39 is 0 Å². The second kappa shape index (κ2) is 26.6. The third kappa shape index (κ3) is 20.6. The molecule has 4 heteroatoms. The van der Waals surface area contributed by atoms with Crippen LogP contribution in [0.15, 0.2) is 9.98 Å². The predicted octanol–water partition coefficient (Wildman–Crippen LogP) is 11.5. The smallest absolute Gasteiger partial charge is 0.211 e. The molecule has 2 fully saturated rings. The van der Waals surface area contributed by atoms with Crippen LogP contribution in [0.25, 0.3) is 0 Å². The summed E-state index contributed by atoms with van der Waals surface area (Å²) in [5.41, 5.74) is 0. The summed E-state index contributed by atoms with van der Waals surface area (Å²) in [6.07, 6.45) is 39.9. The molecule has 0 radical (unpaired) electrons. The molecule has 0 aromatic heterocycles. The summed E-state index contributed by atoms with van der Waals surface area (Å²) in [4.78, 5) is 27.5. The van der Waals surface area contributed by atoms with Gasteiger partial charge in [0.05, 0.1) is 12.1 Å². The average molecular weight is 559 g/mol. The molecule has 5 unspecified atom stereocenters. The van der Waals surface area contributed by atoms with Gasteiger partial charge < -0.3 is 0 Å². The number of carbonyl (C=O) groups excluding carboxylic acids is 2. The van der Waals surface area contributed by atoms with Gasteiger partial charge in [-0.25, -0.2) is 19.6 Å². The minimum atomic E-state index is -0.0200. The highest BCUT2D eigenvalue weighted by Gasteiger charge is 2.27. The van der Waals surface area contributed by atoms with Crippen LogP contribution in [-0.4, -0.2) is 24.2 Å². The van der Waals surface area contributed by atoms with Gasteiger partial charge in [-0.1, -0.05) is 162 Å². The first-order chi connectivity index (χ1) is 19.6. The molecule has 0 spiro atoms. The molecule has 0 N–H and O–H groups in total. The molecule has 0 aromatic carbocycles. The summed E-state index contributed by atoms with van der Waals surface area (Å²) in [6.45, 7) is 6.81. The van der Waals surface area contributed by atoms with E-state index in [1.165, 1.54) is 148 Å². The van der Waals surface area contributed by atoms with Crippen molar-refractivity contribution in [1.29, 1.82) is 0 Å². The maximum Gasteiger partial charge on any atom is 0.235 e. The van der Waals surface area contributed by atoms with Crippen molar-refractivity contribution < 1.29 is 9.59 Å². The Morgan fingerprint density at radius 2 is 1.07 bits per heavy atom. The third-order valence-electron chi connectivity index (χ3n) is 9.59. The predicted molar refractivity (Wildman–Crippen MR) is 171 cm³/mol. The van der Waals surface area contributed by atoms with E-state index in [4.69, 9.17) is 0 Å². The van der Waals surface area contributed by atoms with Crippen molar-refractivity contribution >= 4 is 12.2 Å². The quantitative estimate of drug-likeness (QED) is 0.0799. The molecule has 0 aliphatic heterocycles. The molecule has 5 atom stereocenters. The zero-order valence-corrected chi connectivity index (χ0v) is 27.0. The Labute approximate surface area is 249 Å². The van der Waals surface area contributed by atoms with Crippen molar-refractivity contribution in [3.05, 3.63) is 0 Å². The summed E-state index contributed by atoms with van der Waals surface area (Å²) in [5, 5.41) is 0. The van der Waals surface area contributed by atoms with Crippen LogP contribution in [0.1, 0.15) is 188 Å². The van der Waals surface area contributed by atoms with Crippen molar-refractivity contribution in [3.63, 3.8) is 0 Å². The van der Waals surface area contributed by atoms with Crippen LogP contribution in [0.3, 0.4) is 0 Å². The summed E-state index contributed by atoms with van der Waals surface area (Å²) in [7, 11) is 0. The van der Waals surface area contributed by atoms with Crippen LogP contribution in [0.2, 0.25) is 0 Å². The summed E-state index contributed by atoms with van der Waals surface area (Å²) in [6, 6.07) is -0.0239. The highest BCUT2D eigenvalue weighted by molar-refractivity contribution is 5.35. The van der Waals surface area contributed by atoms with E-state index in [0.29, 0.717) is 12.3 Å². The lowest BCUT2D eigenvalue weighted by Gasteiger charge is -2.27. The van der Waals surface area contributed by atoms with E-state index in [-0.39, 0.29) is 12.1 Å². The number of isocyanates is 2. The molecular weight excluding hydrogens is 492 g/mol. The van der Waals surface area contributed by atoms with E-state index in [2.05, 4.69) is 23.8 Å². The van der Waals surface area contributed by atoms with E-state index in [0.717, 1.165) is 24.7 Å².